The first kappa shape index (κ1) is 35.0. The average Bonchev–Trinajstić information content (AvgIpc) is 2.97. The second kappa shape index (κ2) is 16.5. The van der Waals surface area contributed by atoms with Crippen LogP contribution < -0.4 is 20.3 Å². The van der Waals surface area contributed by atoms with Gasteiger partial charge in [-0.2, -0.15) is 0 Å². The number of anilines is 2. The standard InChI is InChI=1S/C32H43ClN4O4S.ClH/c1-3-29(24-13-10-14-26(33)18-24)35-22-31(38)30(17-23-11-6-5-7-12-23)36-32(39)25-19-27(34-4-2)21-28(20-25)37-15-8-9-16-42(37,40)41;/h5-7,10-14,18-21,29-31,34-35,38,40-41H,3-4,8-9,15-17,22H2,1-2H3,(H,36,39);1H/t29?,30-,31+;/m0./s1. The van der Waals surface area contributed by atoms with Crippen molar-refractivity contribution in [1.29, 1.82) is 0 Å². The van der Waals surface area contributed by atoms with Gasteiger partial charge in [0, 0.05) is 41.9 Å². The van der Waals surface area contributed by atoms with E-state index in [9.17, 15) is 19.0 Å². The largest absolute Gasteiger partial charge is 0.390 e. The molecule has 8 nitrogen and oxygen atoms in total. The number of nitrogens with zero attached hydrogens (tertiary/aromatic N) is 1. The van der Waals surface area contributed by atoms with Crippen LogP contribution >= 0.6 is 34.8 Å². The van der Waals surface area contributed by atoms with E-state index in [1.807, 2.05) is 67.6 Å². The number of hydrogen-bond acceptors (Lipinski definition) is 7. The maximum Gasteiger partial charge on any atom is 0.251 e. The highest BCUT2D eigenvalue weighted by Crippen LogP contribution is 2.50. The Hall–Kier alpha value is -2.50. The van der Waals surface area contributed by atoms with Gasteiger partial charge >= 0.3 is 0 Å². The topological polar surface area (TPSA) is 117 Å². The Morgan fingerprint density at radius 3 is 2.47 bits per heavy atom. The van der Waals surface area contributed by atoms with Crippen molar-refractivity contribution >= 4 is 52.1 Å². The molecule has 43 heavy (non-hydrogen) atoms. The molecule has 3 aromatic rings. The first-order valence-electron chi connectivity index (χ1n) is 14.6. The lowest BCUT2D eigenvalue weighted by Gasteiger charge is -2.47. The molecule has 0 saturated carbocycles. The number of carbonyl (C=O) groups is 1. The van der Waals surface area contributed by atoms with Gasteiger partial charge in [0.25, 0.3) is 5.91 Å². The SMILES string of the molecule is CCNc1cc(C(=O)N[C@@H](Cc2ccccc2)[C@H](O)CNC(CC)c2cccc(Cl)c2)cc(N2CCCCS2(O)O)c1.Cl. The van der Waals surface area contributed by atoms with Gasteiger partial charge in [-0.05, 0) is 74.1 Å². The molecule has 0 aromatic heterocycles. The molecule has 1 heterocycles. The van der Waals surface area contributed by atoms with Crippen molar-refractivity contribution in [3.05, 3.63) is 94.5 Å². The molecule has 11 heteroatoms. The van der Waals surface area contributed by atoms with Crippen molar-refractivity contribution in [3.8, 4) is 0 Å². The maximum absolute atomic E-state index is 13.7. The number of aliphatic hydroxyl groups is 1. The lowest BCUT2D eigenvalue weighted by Crippen LogP contribution is -2.49. The summed E-state index contributed by atoms with van der Waals surface area (Å²) in [6.07, 6.45) is 1.96. The van der Waals surface area contributed by atoms with Gasteiger partial charge in [-0.15, -0.1) is 23.2 Å². The zero-order valence-corrected chi connectivity index (χ0v) is 27.1. The molecule has 1 amide bonds. The second-order valence-electron chi connectivity index (χ2n) is 10.7. The van der Waals surface area contributed by atoms with Crippen LogP contribution in [0.15, 0.2) is 72.8 Å². The van der Waals surface area contributed by atoms with Gasteiger partial charge < -0.3 is 21.1 Å². The minimum absolute atomic E-state index is 0. The highest BCUT2D eigenvalue weighted by molar-refractivity contribution is 8.25. The van der Waals surface area contributed by atoms with E-state index in [-0.39, 0.29) is 30.9 Å². The molecule has 1 saturated heterocycles. The van der Waals surface area contributed by atoms with E-state index in [1.165, 1.54) is 0 Å². The first-order valence-corrected chi connectivity index (χ1v) is 16.7. The molecule has 3 aromatic carbocycles. The molecular formula is C32H44Cl2N4O4S. The lowest BCUT2D eigenvalue weighted by atomic mass is 9.99. The normalized spacial score (nSPS) is 17.2. The van der Waals surface area contributed by atoms with Crippen molar-refractivity contribution < 1.29 is 19.0 Å². The number of rotatable bonds is 13. The van der Waals surface area contributed by atoms with Gasteiger partial charge in [-0.3, -0.25) is 18.2 Å². The third kappa shape index (κ3) is 9.74. The summed E-state index contributed by atoms with van der Waals surface area (Å²) in [5.41, 5.74) is 3.72. The summed E-state index contributed by atoms with van der Waals surface area (Å²) in [6.45, 7) is 5.45. The van der Waals surface area contributed by atoms with Crippen LogP contribution in [0.4, 0.5) is 11.4 Å². The highest BCUT2D eigenvalue weighted by Gasteiger charge is 2.29. The number of aliphatic hydroxyl groups excluding tert-OH is 1. The van der Waals surface area contributed by atoms with E-state index in [0.29, 0.717) is 41.5 Å². The maximum atomic E-state index is 13.7. The van der Waals surface area contributed by atoms with Crippen LogP contribution in [0.2, 0.25) is 5.02 Å². The van der Waals surface area contributed by atoms with Crippen LogP contribution in [0.25, 0.3) is 0 Å². The summed E-state index contributed by atoms with van der Waals surface area (Å²) in [4.78, 5) is 13.7. The van der Waals surface area contributed by atoms with Gasteiger partial charge in [0.05, 0.1) is 23.6 Å². The smallest absolute Gasteiger partial charge is 0.251 e. The molecule has 6 N–H and O–H groups in total. The van der Waals surface area contributed by atoms with Crippen LogP contribution in [0.1, 0.15) is 60.6 Å². The number of halogens is 2. The van der Waals surface area contributed by atoms with E-state index in [0.717, 1.165) is 36.1 Å². The fourth-order valence-electron chi connectivity index (χ4n) is 5.33. The number of hydrogen-bond donors (Lipinski definition) is 6. The summed E-state index contributed by atoms with van der Waals surface area (Å²) in [5, 5.41) is 21.8. The van der Waals surface area contributed by atoms with Crippen molar-refractivity contribution in [2.45, 2.75) is 57.7 Å². The summed E-state index contributed by atoms with van der Waals surface area (Å²) >= 11 is 6.21. The van der Waals surface area contributed by atoms with E-state index >= 15 is 0 Å². The van der Waals surface area contributed by atoms with Gasteiger partial charge in [0.1, 0.15) is 0 Å². The predicted octanol–water partition coefficient (Wildman–Crippen LogP) is 6.90. The molecule has 0 bridgehead atoms. The number of benzene rings is 3. The summed E-state index contributed by atoms with van der Waals surface area (Å²) in [6, 6.07) is 22.2. The molecule has 1 aliphatic rings. The molecule has 4 rings (SSSR count). The molecule has 0 radical (unpaired) electrons. The Kier molecular flexibility index (Phi) is 13.5. The van der Waals surface area contributed by atoms with Crippen LogP contribution in [0, 0.1) is 0 Å². The Morgan fingerprint density at radius 2 is 1.79 bits per heavy atom. The minimum atomic E-state index is -2.95. The molecule has 3 atom stereocenters. The van der Waals surface area contributed by atoms with Crippen LogP contribution in [0.5, 0.6) is 0 Å². The molecule has 0 aliphatic carbocycles. The summed E-state index contributed by atoms with van der Waals surface area (Å²) in [7, 11) is -2.95. The third-order valence-electron chi connectivity index (χ3n) is 7.54. The lowest BCUT2D eigenvalue weighted by molar-refractivity contribution is 0.0824. The van der Waals surface area contributed by atoms with Crippen molar-refractivity contribution in [3.63, 3.8) is 0 Å². The van der Waals surface area contributed by atoms with Crippen LogP contribution in [0.3, 0.4) is 0 Å². The van der Waals surface area contributed by atoms with Gasteiger partial charge in [0.15, 0.2) is 0 Å². The average molecular weight is 652 g/mol. The van der Waals surface area contributed by atoms with Crippen LogP contribution in [-0.2, 0) is 6.42 Å². The number of carbonyl (C=O) groups excluding carboxylic acids is 1. The molecular weight excluding hydrogens is 607 g/mol. The highest BCUT2D eigenvalue weighted by atomic mass is 35.5. The van der Waals surface area contributed by atoms with Gasteiger partial charge in [-0.25, -0.2) is 0 Å². The predicted molar refractivity (Wildman–Crippen MR) is 182 cm³/mol. The van der Waals surface area contributed by atoms with E-state index in [1.54, 1.807) is 16.4 Å². The summed E-state index contributed by atoms with van der Waals surface area (Å²) in [5.74, 6) is -0.0296. The van der Waals surface area contributed by atoms with Gasteiger partial charge in [0.2, 0.25) is 0 Å². The van der Waals surface area contributed by atoms with Crippen molar-refractivity contribution in [1.82, 2.24) is 10.6 Å². The molecule has 1 fully saturated rings. The Bertz CT molecular complexity index is 1320. The quantitative estimate of drug-likeness (QED) is 0.119. The zero-order valence-electron chi connectivity index (χ0n) is 24.7. The van der Waals surface area contributed by atoms with Crippen molar-refractivity contribution in [2.75, 3.05) is 35.0 Å². The fourth-order valence-corrected chi connectivity index (χ4v) is 7.20. The zero-order chi connectivity index (χ0) is 30.1. The molecule has 1 aliphatic heterocycles. The second-order valence-corrected chi connectivity index (χ2v) is 13.3. The Labute approximate surface area is 268 Å². The molecule has 0 spiro atoms. The monoisotopic (exact) mass is 650 g/mol. The van der Waals surface area contributed by atoms with E-state index < -0.39 is 22.9 Å². The van der Waals surface area contributed by atoms with Gasteiger partial charge in [-0.1, -0.05) is 61.0 Å². The van der Waals surface area contributed by atoms with E-state index in [4.69, 9.17) is 11.6 Å². The van der Waals surface area contributed by atoms with Crippen molar-refractivity contribution in [2.24, 2.45) is 0 Å². The number of nitrogens with one attached hydrogen (secondary N) is 3. The Morgan fingerprint density at radius 1 is 1.02 bits per heavy atom. The fraction of sp³-hybridized carbons (Fsp3) is 0.406. The Balaban J connectivity index is 0.00000506. The number of amides is 1. The molecule has 236 valence electrons. The summed E-state index contributed by atoms with van der Waals surface area (Å²) < 4.78 is 23.1. The third-order valence-corrected chi connectivity index (χ3v) is 9.71. The first-order chi connectivity index (χ1) is 20.2. The van der Waals surface area contributed by atoms with Crippen LogP contribution in [-0.4, -0.2) is 57.7 Å². The minimum Gasteiger partial charge on any atom is -0.390 e. The van der Waals surface area contributed by atoms with E-state index in [2.05, 4.69) is 22.9 Å². The molecule has 1 unspecified atom stereocenters.